The fourth-order valence-electron chi connectivity index (χ4n) is 2.27. The molecule has 94 valence electrons. The van der Waals surface area contributed by atoms with Gasteiger partial charge in [-0.1, -0.05) is 0 Å². The Labute approximate surface area is 120 Å². The third-order valence-electron chi connectivity index (χ3n) is 3.25. The molecule has 0 saturated carbocycles. The molecular weight excluding hydrogens is 295 g/mol. The van der Waals surface area contributed by atoms with Crippen molar-refractivity contribution in [1.29, 1.82) is 0 Å². The van der Waals surface area contributed by atoms with Gasteiger partial charge in [0.2, 0.25) is 0 Å². The van der Waals surface area contributed by atoms with E-state index in [2.05, 4.69) is 72.8 Å². The summed E-state index contributed by atoms with van der Waals surface area (Å²) in [6, 6.07) is 26.1. The van der Waals surface area contributed by atoms with E-state index in [0.29, 0.717) is 15.0 Å². The molecule has 0 amide bonds. The Morgan fingerprint density at radius 2 is 1.37 bits per heavy atom. The number of fused-ring (bicyclic) bond motifs is 1. The normalized spacial score (nSPS) is 10.7. The summed E-state index contributed by atoms with van der Waals surface area (Å²) in [6.45, 7) is 0. The zero-order valence-corrected chi connectivity index (χ0v) is 12.5. The van der Waals surface area contributed by atoms with Gasteiger partial charge in [0.25, 0.3) is 0 Å². The van der Waals surface area contributed by atoms with Crippen LogP contribution in [0.4, 0.5) is 0 Å². The summed E-state index contributed by atoms with van der Waals surface area (Å²) in [7, 11) is 0. The van der Waals surface area contributed by atoms with Crippen molar-refractivity contribution in [1.82, 2.24) is 0 Å². The van der Waals surface area contributed by atoms with Gasteiger partial charge in [-0.15, -0.1) is 0 Å². The summed E-state index contributed by atoms with van der Waals surface area (Å²) in [5.74, 6) is 0. The summed E-state index contributed by atoms with van der Waals surface area (Å²) in [5.41, 5.74) is 2.96. The predicted molar refractivity (Wildman–Crippen MR) is 83.6 cm³/mol. The number of hydrogen-bond donors (Lipinski definition) is 0. The van der Waals surface area contributed by atoms with Gasteiger partial charge >= 0.3 is 120 Å². The zero-order valence-electron chi connectivity index (χ0n) is 10.8. The van der Waals surface area contributed by atoms with Crippen molar-refractivity contribution in [2.45, 2.75) is 10.6 Å². The van der Waals surface area contributed by atoms with Gasteiger partial charge in [0.05, 0.1) is 0 Å². The van der Waals surface area contributed by atoms with E-state index in [1.807, 2.05) is 0 Å². The summed E-state index contributed by atoms with van der Waals surface area (Å²) in [5, 5.41) is 5.20. The SMILES string of the molecule is c1ccc(C[Se]Cc2cccc3ccccc23)cc1. The third-order valence-corrected chi connectivity index (χ3v) is 5.46. The molecule has 0 radical (unpaired) electrons. The van der Waals surface area contributed by atoms with Crippen LogP contribution in [0, 0.1) is 0 Å². The molecule has 0 atom stereocenters. The second-order valence-corrected chi connectivity index (χ2v) is 6.68. The van der Waals surface area contributed by atoms with E-state index in [9.17, 15) is 0 Å². The van der Waals surface area contributed by atoms with E-state index < -0.39 is 0 Å². The molecule has 3 aromatic carbocycles. The van der Waals surface area contributed by atoms with Crippen molar-refractivity contribution in [2.24, 2.45) is 0 Å². The Bertz CT molecular complexity index is 653. The molecule has 3 aromatic rings. The van der Waals surface area contributed by atoms with Gasteiger partial charge < -0.3 is 0 Å². The maximum absolute atomic E-state index is 2.27. The van der Waals surface area contributed by atoms with Gasteiger partial charge in [-0.3, -0.25) is 0 Å². The van der Waals surface area contributed by atoms with Crippen molar-refractivity contribution >= 4 is 25.7 Å². The van der Waals surface area contributed by atoms with Gasteiger partial charge in [0.1, 0.15) is 0 Å². The number of rotatable bonds is 4. The minimum atomic E-state index is 0.630. The van der Waals surface area contributed by atoms with E-state index in [1.54, 1.807) is 0 Å². The molecule has 0 aliphatic rings. The molecule has 0 spiro atoms. The molecule has 19 heavy (non-hydrogen) atoms. The van der Waals surface area contributed by atoms with Gasteiger partial charge in [0, 0.05) is 0 Å². The van der Waals surface area contributed by atoms with Crippen LogP contribution in [0.3, 0.4) is 0 Å². The fraction of sp³-hybridized carbons (Fsp3) is 0.111. The van der Waals surface area contributed by atoms with Crippen LogP contribution >= 0.6 is 0 Å². The maximum atomic E-state index is 2.27. The van der Waals surface area contributed by atoms with E-state index in [-0.39, 0.29) is 0 Å². The Balaban J connectivity index is 1.72. The average Bonchev–Trinajstić information content (AvgIpc) is 2.49. The van der Waals surface area contributed by atoms with Gasteiger partial charge in [-0.2, -0.15) is 0 Å². The van der Waals surface area contributed by atoms with E-state index >= 15 is 0 Å². The van der Waals surface area contributed by atoms with Crippen LogP contribution in [-0.4, -0.2) is 15.0 Å². The molecule has 1 heteroatoms. The van der Waals surface area contributed by atoms with Crippen LogP contribution in [-0.2, 0) is 10.6 Å². The minimum absolute atomic E-state index is 0.630. The van der Waals surface area contributed by atoms with Crippen LogP contribution in [0.25, 0.3) is 10.8 Å². The summed E-state index contributed by atoms with van der Waals surface area (Å²) in [6.07, 6.45) is 0. The van der Waals surface area contributed by atoms with Crippen molar-refractivity contribution in [3.63, 3.8) is 0 Å². The number of benzene rings is 3. The Hall–Kier alpha value is -1.56. The average molecular weight is 311 g/mol. The van der Waals surface area contributed by atoms with Gasteiger partial charge in [-0.05, 0) is 0 Å². The fourth-order valence-corrected chi connectivity index (χ4v) is 4.37. The molecule has 0 aliphatic carbocycles. The topological polar surface area (TPSA) is 0 Å². The molecule has 0 nitrogen and oxygen atoms in total. The quantitative estimate of drug-likeness (QED) is 0.632. The van der Waals surface area contributed by atoms with Crippen LogP contribution in [0.5, 0.6) is 0 Å². The van der Waals surface area contributed by atoms with Crippen molar-refractivity contribution in [3.05, 3.63) is 83.9 Å². The van der Waals surface area contributed by atoms with Crippen LogP contribution in [0.15, 0.2) is 72.8 Å². The first-order valence-corrected chi connectivity index (χ1v) is 8.94. The van der Waals surface area contributed by atoms with Crippen LogP contribution in [0.2, 0.25) is 0 Å². The zero-order chi connectivity index (χ0) is 12.9. The molecule has 0 unspecified atom stereocenters. The van der Waals surface area contributed by atoms with Crippen molar-refractivity contribution < 1.29 is 0 Å². The molecule has 0 fully saturated rings. The molecule has 0 heterocycles. The summed E-state index contributed by atoms with van der Waals surface area (Å²) < 4.78 is 0. The van der Waals surface area contributed by atoms with E-state index in [4.69, 9.17) is 0 Å². The van der Waals surface area contributed by atoms with Crippen molar-refractivity contribution in [3.8, 4) is 0 Å². The van der Waals surface area contributed by atoms with Crippen LogP contribution in [0.1, 0.15) is 11.1 Å². The summed E-state index contributed by atoms with van der Waals surface area (Å²) in [4.78, 5) is 0. The first-order chi connectivity index (χ1) is 9.43. The molecule has 0 bridgehead atoms. The van der Waals surface area contributed by atoms with E-state index in [1.165, 1.54) is 32.5 Å². The molecule has 3 rings (SSSR count). The second kappa shape index (κ2) is 6.06. The molecule has 0 aromatic heterocycles. The van der Waals surface area contributed by atoms with Crippen molar-refractivity contribution in [2.75, 3.05) is 0 Å². The third kappa shape index (κ3) is 3.07. The first-order valence-electron chi connectivity index (χ1n) is 6.52. The summed E-state index contributed by atoms with van der Waals surface area (Å²) >= 11 is 0.630. The molecule has 0 aliphatic heterocycles. The first kappa shape index (κ1) is 12.5. The van der Waals surface area contributed by atoms with Gasteiger partial charge in [-0.25, -0.2) is 0 Å². The van der Waals surface area contributed by atoms with E-state index in [0.717, 1.165) is 0 Å². The van der Waals surface area contributed by atoms with Crippen LogP contribution < -0.4 is 0 Å². The Kier molecular flexibility index (Phi) is 3.97. The Morgan fingerprint density at radius 3 is 2.26 bits per heavy atom. The predicted octanol–water partition coefficient (Wildman–Crippen LogP) is 4.24. The molecular formula is C18H16Se. The number of hydrogen-bond acceptors (Lipinski definition) is 0. The second-order valence-electron chi connectivity index (χ2n) is 4.62. The molecule has 0 N–H and O–H groups in total. The standard InChI is InChI=1S/C18H16Se/c1-2-7-15(8-3-1)13-19-14-17-11-6-10-16-9-4-5-12-18(16)17/h1-12H,13-14H2. The monoisotopic (exact) mass is 312 g/mol. The Morgan fingerprint density at radius 1 is 0.632 bits per heavy atom. The van der Waals surface area contributed by atoms with Gasteiger partial charge in [0.15, 0.2) is 0 Å². The molecule has 0 saturated heterocycles.